The third-order valence-corrected chi connectivity index (χ3v) is 3.96. The summed E-state index contributed by atoms with van der Waals surface area (Å²) in [6.45, 7) is 0.113. The first kappa shape index (κ1) is 15.1. The molecule has 0 aliphatic heterocycles. The minimum Gasteiger partial charge on any atom is -0.452 e. The summed E-state index contributed by atoms with van der Waals surface area (Å²) in [7, 11) is 0. The zero-order chi connectivity index (χ0) is 16.1. The Kier molecular flexibility index (Phi) is 4.58. The lowest BCUT2D eigenvalue weighted by molar-refractivity contribution is -0.124. The van der Waals surface area contributed by atoms with Crippen LogP contribution in [0, 0.1) is 0 Å². The molecule has 23 heavy (non-hydrogen) atoms. The minimum atomic E-state index is -0.566. The second kappa shape index (κ2) is 6.97. The first-order valence-electron chi connectivity index (χ1n) is 6.89. The SMILES string of the molecule is O=C(COC(=O)c1ccc2nccnc2c1)NCc1cccs1. The number of carbonyl (C=O) groups excluding carboxylic acids is 2. The maximum atomic E-state index is 12.0. The Bertz CT molecular complexity index is 833. The van der Waals surface area contributed by atoms with E-state index in [0.717, 1.165) is 4.88 Å². The maximum absolute atomic E-state index is 12.0. The number of carbonyl (C=O) groups is 2. The molecule has 2 heterocycles. The average molecular weight is 327 g/mol. The number of amides is 1. The predicted octanol–water partition coefficient (Wildman–Crippen LogP) is 2.16. The lowest BCUT2D eigenvalue weighted by Crippen LogP contribution is -2.28. The van der Waals surface area contributed by atoms with Crippen molar-refractivity contribution in [1.82, 2.24) is 15.3 Å². The summed E-state index contributed by atoms with van der Waals surface area (Å²) in [6, 6.07) is 8.72. The van der Waals surface area contributed by atoms with Gasteiger partial charge in [0.05, 0.1) is 23.1 Å². The molecule has 0 unspecified atom stereocenters. The second-order valence-corrected chi connectivity index (χ2v) is 5.72. The van der Waals surface area contributed by atoms with Gasteiger partial charge in [0.1, 0.15) is 0 Å². The lowest BCUT2D eigenvalue weighted by atomic mass is 10.2. The number of rotatable bonds is 5. The number of ether oxygens (including phenoxy) is 1. The molecule has 116 valence electrons. The van der Waals surface area contributed by atoms with Gasteiger partial charge in [0.2, 0.25) is 0 Å². The summed E-state index contributed by atoms with van der Waals surface area (Å²) in [6.07, 6.45) is 3.13. The predicted molar refractivity (Wildman–Crippen MR) is 86.0 cm³/mol. The zero-order valence-electron chi connectivity index (χ0n) is 12.1. The van der Waals surface area contributed by atoms with Crippen LogP contribution < -0.4 is 5.32 Å². The molecule has 1 amide bonds. The number of nitrogens with zero attached hydrogens (tertiary/aromatic N) is 2. The molecule has 3 rings (SSSR count). The van der Waals surface area contributed by atoms with Crippen molar-refractivity contribution in [3.63, 3.8) is 0 Å². The molecular weight excluding hydrogens is 314 g/mol. The molecule has 0 bridgehead atoms. The van der Waals surface area contributed by atoms with Gasteiger partial charge in [0.15, 0.2) is 6.61 Å². The molecule has 1 N–H and O–H groups in total. The highest BCUT2D eigenvalue weighted by Gasteiger charge is 2.11. The van der Waals surface area contributed by atoms with Crippen molar-refractivity contribution < 1.29 is 14.3 Å². The Labute approximate surface area is 136 Å². The molecule has 2 aromatic heterocycles. The summed E-state index contributed by atoms with van der Waals surface area (Å²) in [5.41, 5.74) is 1.63. The van der Waals surface area contributed by atoms with Gasteiger partial charge in [-0.3, -0.25) is 14.8 Å². The average Bonchev–Trinajstić information content (AvgIpc) is 3.11. The number of hydrogen-bond donors (Lipinski definition) is 1. The van der Waals surface area contributed by atoms with E-state index in [1.807, 2.05) is 17.5 Å². The maximum Gasteiger partial charge on any atom is 0.338 e. The van der Waals surface area contributed by atoms with E-state index < -0.39 is 5.97 Å². The van der Waals surface area contributed by atoms with Crippen molar-refractivity contribution in [2.75, 3.05) is 6.61 Å². The number of hydrogen-bond acceptors (Lipinski definition) is 6. The largest absolute Gasteiger partial charge is 0.452 e. The van der Waals surface area contributed by atoms with Gasteiger partial charge in [0, 0.05) is 17.3 Å². The molecule has 1 aromatic carbocycles. The summed E-state index contributed by atoms with van der Waals surface area (Å²) in [5, 5.41) is 4.63. The van der Waals surface area contributed by atoms with Crippen molar-refractivity contribution >= 4 is 34.2 Å². The zero-order valence-corrected chi connectivity index (χ0v) is 12.9. The molecule has 0 aliphatic rings. The molecule has 0 fully saturated rings. The van der Waals surface area contributed by atoms with Crippen molar-refractivity contribution in [1.29, 1.82) is 0 Å². The van der Waals surface area contributed by atoms with Gasteiger partial charge in [-0.25, -0.2) is 4.79 Å². The van der Waals surface area contributed by atoms with Crippen molar-refractivity contribution in [3.8, 4) is 0 Å². The number of nitrogens with one attached hydrogen (secondary N) is 1. The van der Waals surface area contributed by atoms with Crippen LogP contribution in [0.4, 0.5) is 0 Å². The highest BCUT2D eigenvalue weighted by atomic mass is 32.1. The van der Waals surface area contributed by atoms with Crippen LogP contribution in [0.15, 0.2) is 48.1 Å². The van der Waals surface area contributed by atoms with Gasteiger partial charge in [-0.2, -0.15) is 0 Å². The van der Waals surface area contributed by atoms with Gasteiger partial charge in [0.25, 0.3) is 5.91 Å². The molecule has 3 aromatic rings. The molecule has 0 atom stereocenters. The highest BCUT2D eigenvalue weighted by molar-refractivity contribution is 7.09. The molecular formula is C16H13N3O3S. The van der Waals surface area contributed by atoms with E-state index in [2.05, 4.69) is 15.3 Å². The quantitative estimate of drug-likeness (QED) is 0.726. The molecule has 0 spiro atoms. The third kappa shape index (κ3) is 3.89. The van der Waals surface area contributed by atoms with Gasteiger partial charge >= 0.3 is 5.97 Å². The van der Waals surface area contributed by atoms with Gasteiger partial charge < -0.3 is 10.1 Å². The van der Waals surface area contributed by atoms with Crippen LogP contribution in [-0.2, 0) is 16.1 Å². The number of aromatic nitrogens is 2. The van der Waals surface area contributed by atoms with Crippen LogP contribution >= 0.6 is 11.3 Å². The van der Waals surface area contributed by atoms with Crippen LogP contribution in [0.2, 0.25) is 0 Å². The first-order valence-corrected chi connectivity index (χ1v) is 7.77. The van der Waals surface area contributed by atoms with Crippen LogP contribution in [0.5, 0.6) is 0 Å². The minimum absolute atomic E-state index is 0.317. The number of thiophene rings is 1. The van der Waals surface area contributed by atoms with Crippen molar-refractivity contribution in [2.24, 2.45) is 0 Å². The molecule has 0 radical (unpaired) electrons. The van der Waals surface area contributed by atoms with Crippen LogP contribution in [0.1, 0.15) is 15.2 Å². The Hall–Kier alpha value is -2.80. The van der Waals surface area contributed by atoms with E-state index in [4.69, 9.17) is 4.74 Å². The van der Waals surface area contributed by atoms with Crippen molar-refractivity contribution in [2.45, 2.75) is 6.54 Å². The normalized spacial score (nSPS) is 10.4. The summed E-state index contributed by atoms with van der Waals surface area (Å²) in [4.78, 5) is 33.0. The molecule has 0 saturated heterocycles. The number of esters is 1. The fourth-order valence-corrected chi connectivity index (χ4v) is 2.60. The van der Waals surface area contributed by atoms with E-state index in [1.54, 1.807) is 41.9 Å². The summed E-state index contributed by atoms with van der Waals surface area (Å²) < 4.78 is 5.01. The fraction of sp³-hybridized carbons (Fsp3) is 0.125. The van der Waals surface area contributed by atoms with Gasteiger partial charge in [-0.15, -0.1) is 11.3 Å². The fourth-order valence-electron chi connectivity index (χ4n) is 1.95. The summed E-state index contributed by atoms with van der Waals surface area (Å²) in [5.74, 6) is -0.906. The van der Waals surface area contributed by atoms with Crippen LogP contribution in [-0.4, -0.2) is 28.5 Å². The van der Waals surface area contributed by atoms with E-state index in [1.165, 1.54) is 0 Å². The van der Waals surface area contributed by atoms with Crippen LogP contribution in [0.3, 0.4) is 0 Å². The standard InChI is InChI=1S/C16H13N3O3S/c20-15(19-9-12-2-1-7-23-12)10-22-16(21)11-3-4-13-14(8-11)18-6-5-17-13/h1-8H,9-10H2,(H,19,20). The Morgan fingerprint density at radius 1 is 1.13 bits per heavy atom. The summed E-state index contributed by atoms with van der Waals surface area (Å²) >= 11 is 1.55. The van der Waals surface area contributed by atoms with Crippen LogP contribution in [0.25, 0.3) is 11.0 Å². The van der Waals surface area contributed by atoms with E-state index in [9.17, 15) is 9.59 Å². The molecule has 7 heteroatoms. The van der Waals surface area contributed by atoms with E-state index in [-0.39, 0.29) is 12.5 Å². The Balaban J connectivity index is 1.54. The molecule has 0 aliphatic carbocycles. The third-order valence-electron chi connectivity index (χ3n) is 3.08. The Morgan fingerprint density at radius 3 is 2.74 bits per heavy atom. The second-order valence-electron chi connectivity index (χ2n) is 4.69. The highest BCUT2D eigenvalue weighted by Crippen LogP contribution is 2.12. The Morgan fingerprint density at radius 2 is 1.96 bits per heavy atom. The van der Waals surface area contributed by atoms with E-state index in [0.29, 0.717) is 23.1 Å². The lowest BCUT2D eigenvalue weighted by Gasteiger charge is -2.06. The first-order chi connectivity index (χ1) is 11.2. The van der Waals surface area contributed by atoms with E-state index >= 15 is 0 Å². The number of fused-ring (bicyclic) bond motifs is 1. The van der Waals surface area contributed by atoms with Gasteiger partial charge in [-0.1, -0.05) is 6.07 Å². The number of benzene rings is 1. The monoisotopic (exact) mass is 327 g/mol. The van der Waals surface area contributed by atoms with Gasteiger partial charge in [-0.05, 0) is 29.6 Å². The molecule has 0 saturated carbocycles. The van der Waals surface area contributed by atoms with Crippen molar-refractivity contribution in [3.05, 3.63) is 58.5 Å². The topological polar surface area (TPSA) is 81.2 Å². The smallest absolute Gasteiger partial charge is 0.338 e. The molecule has 6 nitrogen and oxygen atoms in total.